The summed E-state index contributed by atoms with van der Waals surface area (Å²) in [6.07, 6.45) is 1.63. The lowest BCUT2D eigenvalue weighted by atomic mass is 10.1. The first-order valence-corrected chi connectivity index (χ1v) is 11.3. The minimum Gasteiger partial charge on any atom is -0.491 e. The van der Waals surface area contributed by atoms with Crippen LogP contribution >= 0.6 is 46.3 Å². The Kier molecular flexibility index (Phi) is 8.32. The predicted octanol–water partition coefficient (Wildman–Crippen LogP) is 5.15. The van der Waals surface area contributed by atoms with Crippen LogP contribution in [0.5, 0.6) is 11.6 Å². The zero-order valence-corrected chi connectivity index (χ0v) is 20.1. The zero-order chi connectivity index (χ0) is 22.5. The van der Waals surface area contributed by atoms with Crippen molar-refractivity contribution in [2.45, 2.75) is 32.9 Å². The summed E-state index contributed by atoms with van der Waals surface area (Å²) in [5, 5.41) is 19.9. The van der Waals surface area contributed by atoms with E-state index in [1.165, 1.54) is 11.3 Å². The van der Waals surface area contributed by atoms with Gasteiger partial charge in [0.1, 0.15) is 27.4 Å². The third-order valence-corrected chi connectivity index (χ3v) is 6.03. The SMILES string of the molecule is Cc1cc(-c2nnc(-c3cnc(OC(C)C)c(Cl)c3)s2)c(Cl)cc1OCC(CO)NCl. The molecule has 0 fully saturated rings. The van der Waals surface area contributed by atoms with E-state index in [0.717, 1.165) is 16.7 Å². The first-order valence-electron chi connectivity index (χ1n) is 9.38. The number of aryl methyl sites for hydroxylation is 1. The van der Waals surface area contributed by atoms with Crippen molar-refractivity contribution in [1.82, 2.24) is 20.0 Å². The number of hydrogen-bond donors (Lipinski definition) is 2. The number of benzene rings is 1. The average Bonchev–Trinajstić information content (AvgIpc) is 3.22. The van der Waals surface area contributed by atoms with Crippen LogP contribution in [0.4, 0.5) is 0 Å². The molecular weight excluding hydrogens is 483 g/mol. The van der Waals surface area contributed by atoms with Gasteiger partial charge in [-0.25, -0.2) is 9.82 Å². The number of aliphatic hydroxyl groups is 1. The van der Waals surface area contributed by atoms with Gasteiger partial charge in [-0.05, 0) is 56.3 Å². The van der Waals surface area contributed by atoms with Gasteiger partial charge >= 0.3 is 0 Å². The van der Waals surface area contributed by atoms with Crippen LogP contribution < -0.4 is 14.3 Å². The van der Waals surface area contributed by atoms with Crippen molar-refractivity contribution in [3.63, 3.8) is 0 Å². The average molecular weight is 504 g/mol. The van der Waals surface area contributed by atoms with Crippen molar-refractivity contribution in [2.75, 3.05) is 13.2 Å². The second-order valence-corrected chi connectivity index (χ2v) is 9.00. The Hall–Kier alpha value is -1.68. The van der Waals surface area contributed by atoms with E-state index < -0.39 is 0 Å². The Labute approximate surface area is 199 Å². The largest absolute Gasteiger partial charge is 0.491 e. The molecule has 0 aliphatic rings. The summed E-state index contributed by atoms with van der Waals surface area (Å²) in [6, 6.07) is 4.97. The fourth-order valence-electron chi connectivity index (χ4n) is 2.59. The Morgan fingerprint density at radius 2 is 1.87 bits per heavy atom. The quantitative estimate of drug-likeness (QED) is 0.390. The number of aromatic nitrogens is 3. The van der Waals surface area contributed by atoms with Crippen LogP contribution in [0.25, 0.3) is 21.1 Å². The van der Waals surface area contributed by atoms with Crippen molar-refractivity contribution in [2.24, 2.45) is 0 Å². The van der Waals surface area contributed by atoms with Crippen LogP contribution in [0.1, 0.15) is 19.4 Å². The molecule has 2 heterocycles. The molecule has 1 unspecified atom stereocenters. The minimum atomic E-state index is -0.386. The smallest absolute Gasteiger partial charge is 0.232 e. The molecule has 31 heavy (non-hydrogen) atoms. The molecule has 3 rings (SSSR count). The van der Waals surface area contributed by atoms with E-state index in [1.54, 1.807) is 18.3 Å². The molecule has 0 amide bonds. The normalized spacial score (nSPS) is 12.3. The van der Waals surface area contributed by atoms with E-state index >= 15 is 0 Å². The Balaban J connectivity index is 1.82. The second-order valence-electron chi connectivity index (χ2n) is 6.99. The molecule has 11 heteroatoms. The Morgan fingerprint density at radius 1 is 1.13 bits per heavy atom. The highest BCUT2D eigenvalue weighted by molar-refractivity contribution is 7.18. The third kappa shape index (κ3) is 5.97. The van der Waals surface area contributed by atoms with Gasteiger partial charge in [0.15, 0.2) is 0 Å². The maximum Gasteiger partial charge on any atom is 0.232 e. The minimum absolute atomic E-state index is 0.0259. The van der Waals surface area contributed by atoms with E-state index in [9.17, 15) is 5.11 Å². The number of aliphatic hydroxyl groups excluding tert-OH is 1. The summed E-state index contributed by atoms with van der Waals surface area (Å²) < 4.78 is 11.3. The Morgan fingerprint density at radius 3 is 2.52 bits per heavy atom. The second kappa shape index (κ2) is 10.8. The van der Waals surface area contributed by atoms with Gasteiger partial charge in [0.25, 0.3) is 0 Å². The molecule has 0 saturated carbocycles. The molecule has 0 aliphatic heterocycles. The van der Waals surface area contributed by atoms with Gasteiger partial charge in [0.2, 0.25) is 5.88 Å². The van der Waals surface area contributed by atoms with Gasteiger partial charge in [-0.2, -0.15) is 0 Å². The van der Waals surface area contributed by atoms with E-state index in [4.69, 9.17) is 44.5 Å². The number of pyridine rings is 1. The van der Waals surface area contributed by atoms with Crippen LogP contribution in [-0.4, -0.2) is 45.6 Å². The molecule has 0 saturated heterocycles. The van der Waals surface area contributed by atoms with E-state index in [2.05, 4.69) is 20.0 Å². The van der Waals surface area contributed by atoms with Gasteiger partial charge in [-0.15, -0.1) is 10.2 Å². The van der Waals surface area contributed by atoms with Crippen molar-refractivity contribution in [3.05, 3.63) is 40.0 Å². The molecule has 1 aromatic carbocycles. The lowest BCUT2D eigenvalue weighted by molar-refractivity contribution is 0.197. The molecular formula is C20H21Cl3N4O3S. The molecule has 0 bridgehead atoms. The van der Waals surface area contributed by atoms with Crippen molar-refractivity contribution >= 4 is 46.3 Å². The van der Waals surface area contributed by atoms with Gasteiger partial charge in [0, 0.05) is 17.3 Å². The third-order valence-electron chi connectivity index (χ3n) is 4.14. The monoisotopic (exact) mass is 502 g/mol. The fourth-order valence-corrected chi connectivity index (χ4v) is 4.09. The summed E-state index contributed by atoms with van der Waals surface area (Å²) in [6.45, 7) is 5.76. The van der Waals surface area contributed by atoms with E-state index in [1.807, 2.05) is 26.8 Å². The summed E-state index contributed by atoms with van der Waals surface area (Å²) >= 11 is 19.7. The number of hydrogen-bond acceptors (Lipinski definition) is 8. The van der Waals surface area contributed by atoms with Crippen molar-refractivity contribution in [1.29, 1.82) is 0 Å². The van der Waals surface area contributed by atoms with Crippen LogP contribution in [0.2, 0.25) is 10.0 Å². The molecule has 1 atom stereocenters. The topological polar surface area (TPSA) is 89.4 Å². The Bertz CT molecular complexity index is 1040. The van der Waals surface area contributed by atoms with Gasteiger partial charge in [0.05, 0.1) is 23.8 Å². The van der Waals surface area contributed by atoms with Crippen molar-refractivity contribution in [3.8, 4) is 32.8 Å². The van der Waals surface area contributed by atoms with Crippen LogP contribution in [0.15, 0.2) is 24.4 Å². The summed E-state index contributed by atoms with van der Waals surface area (Å²) in [5.74, 6) is 0.979. The predicted molar refractivity (Wildman–Crippen MR) is 124 cm³/mol. The first-order chi connectivity index (χ1) is 14.8. The zero-order valence-electron chi connectivity index (χ0n) is 17.0. The van der Waals surface area contributed by atoms with Gasteiger partial charge in [-0.3, -0.25) is 0 Å². The van der Waals surface area contributed by atoms with Crippen molar-refractivity contribution < 1.29 is 14.6 Å². The summed E-state index contributed by atoms with van der Waals surface area (Å²) in [5.41, 5.74) is 2.34. The lowest BCUT2D eigenvalue weighted by Gasteiger charge is -2.15. The molecule has 0 radical (unpaired) electrons. The van der Waals surface area contributed by atoms with E-state index in [0.29, 0.717) is 31.7 Å². The van der Waals surface area contributed by atoms with E-state index in [-0.39, 0.29) is 25.4 Å². The number of ether oxygens (including phenoxy) is 2. The molecule has 0 aliphatic carbocycles. The molecule has 2 N–H and O–H groups in total. The first kappa shape index (κ1) is 24.0. The maximum atomic E-state index is 9.20. The fraction of sp³-hybridized carbons (Fsp3) is 0.350. The van der Waals surface area contributed by atoms with Crippen LogP contribution in [0, 0.1) is 6.92 Å². The van der Waals surface area contributed by atoms with Gasteiger partial charge in [-0.1, -0.05) is 34.5 Å². The highest BCUT2D eigenvalue weighted by Crippen LogP contribution is 2.38. The maximum absolute atomic E-state index is 9.20. The molecule has 166 valence electrons. The van der Waals surface area contributed by atoms with Crippen LogP contribution in [0.3, 0.4) is 0 Å². The highest BCUT2D eigenvalue weighted by atomic mass is 35.5. The number of nitrogens with zero attached hydrogens (tertiary/aromatic N) is 3. The van der Waals surface area contributed by atoms with Crippen LogP contribution in [-0.2, 0) is 0 Å². The number of halogens is 3. The standard InChI is InChI=1S/C20H21Cl3N4O3S/c1-10(2)30-18-16(22)5-12(7-24-18)19-26-27-20(31-19)14-4-11(3)17(6-15(14)21)29-9-13(8-28)25-23/h4-7,10,13,25,28H,8-9H2,1-3H3. The van der Waals surface area contributed by atoms with Gasteiger partial charge < -0.3 is 14.6 Å². The molecule has 0 spiro atoms. The number of rotatable bonds is 9. The summed E-state index contributed by atoms with van der Waals surface area (Å²) in [4.78, 5) is 6.73. The number of nitrogens with one attached hydrogen (secondary N) is 1. The molecule has 2 aromatic heterocycles. The lowest BCUT2D eigenvalue weighted by Crippen LogP contribution is -2.31. The summed E-state index contributed by atoms with van der Waals surface area (Å²) in [7, 11) is 0. The molecule has 7 nitrogen and oxygen atoms in total. The molecule has 3 aromatic rings. The highest BCUT2D eigenvalue weighted by Gasteiger charge is 2.17.